The Labute approximate surface area is 150 Å². The molecular weight excluding hydrogens is 359 g/mol. The summed E-state index contributed by atoms with van der Waals surface area (Å²) in [6.07, 6.45) is 5.26. The first-order chi connectivity index (χ1) is 11.6. The Morgan fingerprint density at radius 2 is 1.88 bits per heavy atom. The van der Waals surface area contributed by atoms with Gasteiger partial charge in [-0.2, -0.15) is 5.26 Å². The maximum absolute atomic E-state index is 8.84. The second-order valence-electron chi connectivity index (χ2n) is 4.35. The van der Waals surface area contributed by atoms with Gasteiger partial charge in [0.15, 0.2) is 5.69 Å². The van der Waals surface area contributed by atoms with E-state index in [1.54, 1.807) is 48.5 Å². The molecule has 1 atom stereocenters. The molecule has 7 heteroatoms. The topological polar surface area (TPSA) is 46.6 Å². The minimum Gasteiger partial charge on any atom is -0.436 e. The summed E-state index contributed by atoms with van der Waals surface area (Å²) in [5.74, 6) is 2.91. The van der Waals surface area contributed by atoms with Crippen LogP contribution < -0.4 is 4.52 Å². The Kier molecular flexibility index (Phi) is 6.44. The van der Waals surface area contributed by atoms with Crippen LogP contribution >= 0.6 is 17.1 Å². The summed E-state index contributed by atoms with van der Waals surface area (Å²) in [5, 5.41) is 8.84. The second kappa shape index (κ2) is 8.55. The van der Waals surface area contributed by atoms with Gasteiger partial charge in [0.25, 0.3) is 0 Å². The summed E-state index contributed by atoms with van der Waals surface area (Å²) in [5.41, 5.74) is -1.70. The molecule has 0 bridgehead atoms. The average Bonchev–Trinajstić information content (AvgIpc) is 2.61. The number of nitrogens with zero attached hydrogens (tertiary/aromatic N) is 2. The van der Waals surface area contributed by atoms with Crippen LogP contribution in [0, 0.1) is 30.2 Å². The highest BCUT2D eigenvalue weighted by Crippen LogP contribution is 2.63. The van der Waals surface area contributed by atoms with E-state index in [0.717, 1.165) is 4.90 Å². The molecule has 0 fully saturated rings. The van der Waals surface area contributed by atoms with Gasteiger partial charge in [-0.05, 0) is 47.5 Å². The fraction of sp³-hybridized carbons (Fsp3) is 0.0588. The predicted octanol–water partition coefficient (Wildman–Crippen LogP) is 5.15. The fourth-order valence-corrected chi connectivity index (χ4v) is 5.91. The Hall–Kier alpha value is -2.26. The molecule has 24 heavy (non-hydrogen) atoms. The molecule has 0 aliphatic heterocycles. The number of rotatable bonds is 6. The highest BCUT2D eigenvalue weighted by atomic mass is 32.9. The molecule has 118 valence electrons. The molecule has 0 amide bonds. The molecule has 4 nitrogen and oxygen atoms in total. The third kappa shape index (κ3) is 5.14. The summed E-state index contributed by atoms with van der Waals surface area (Å²) in [6, 6.07) is 15.7. The number of benzene rings is 2. The summed E-state index contributed by atoms with van der Waals surface area (Å²) in [4.78, 5) is 4.18. The van der Waals surface area contributed by atoms with Gasteiger partial charge < -0.3 is 4.52 Å². The number of hydrogen-bond donors (Lipinski definition) is 0. The van der Waals surface area contributed by atoms with Crippen LogP contribution in [-0.2, 0) is 16.3 Å². The first-order valence-electron chi connectivity index (χ1n) is 6.63. The van der Waals surface area contributed by atoms with Crippen LogP contribution in [0.1, 0.15) is 5.56 Å². The molecular formula is C17H11N2O2PS2. The Morgan fingerprint density at radius 1 is 1.21 bits per heavy atom. The van der Waals surface area contributed by atoms with E-state index in [4.69, 9.17) is 39.1 Å². The predicted molar refractivity (Wildman–Crippen MR) is 99.4 cm³/mol. The van der Waals surface area contributed by atoms with Gasteiger partial charge in [-0.1, -0.05) is 30.2 Å². The van der Waals surface area contributed by atoms with Crippen molar-refractivity contribution in [3.8, 4) is 24.2 Å². The highest BCUT2D eigenvalue weighted by Gasteiger charge is 2.23. The van der Waals surface area contributed by atoms with Crippen molar-refractivity contribution in [3.63, 3.8) is 0 Å². The van der Waals surface area contributed by atoms with Gasteiger partial charge >= 0.3 is 5.69 Å². The third-order valence-corrected chi connectivity index (χ3v) is 7.33. The van der Waals surface area contributed by atoms with Crippen molar-refractivity contribution in [2.24, 2.45) is 0 Å². The quantitative estimate of drug-likeness (QED) is 0.400. The van der Waals surface area contributed by atoms with Crippen LogP contribution in [0.3, 0.4) is 0 Å². The SMILES string of the molecule is [C-]#[N+]c1ccc(SP(=S)(OCC#C)Oc2ccc(C#N)cc2)cc1. The van der Waals surface area contributed by atoms with Crippen LogP contribution in [0.2, 0.25) is 0 Å². The third-order valence-electron chi connectivity index (χ3n) is 2.69. The smallest absolute Gasteiger partial charge is 0.303 e. The zero-order valence-electron chi connectivity index (χ0n) is 12.4. The maximum atomic E-state index is 8.84. The lowest BCUT2D eigenvalue weighted by Crippen LogP contribution is -1.96. The van der Waals surface area contributed by atoms with Gasteiger partial charge in [0.2, 0.25) is 0 Å². The first kappa shape index (κ1) is 18.1. The van der Waals surface area contributed by atoms with Gasteiger partial charge in [0, 0.05) is 4.90 Å². The Morgan fingerprint density at radius 3 is 2.42 bits per heavy atom. The van der Waals surface area contributed by atoms with Gasteiger partial charge in [-0.25, -0.2) is 4.85 Å². The molecule has 2 aromatic carbocycles. The first-order valence-corrected chi connectivity index (χ1v) is 10.7. The van der Waals surface area contributed by atoms with Crippen LogP contribution in [0.5, 0.6) is 5.75 Å². The standard InChI is InChI=1S/C17H11N2O2PS2/c1-3-12-20-22(23,21-16-8-4-14(13-18)5-9-16)24-17-10-6-15(19-2)7-11-17/h1,4-11H,12H2. The van der Waals surface area contributed by atoms with E-state index in [1.807, 2.05) is 6.07 Å². The van der Waals surface area contributed by atoms with Gasteiger partial charge in [-0.15, -0.1) is 6.42 Å². The molecule has 0 heterocycles. The summed E-state index contributed by atoms with van der Waals surface area (Å²) in [6.45, 7) is 7.02. The van der Waals surface area contributed by atoms with E-state index in [1.165, 1.54) is 11.4 Å². The van der Waals surface area contributed by atoms with E-state index in [-0.39, 0.29) is 6.61 Å². The van der Waals surface area contributed by atoms with Crippen molar-refractivity contribution in [2.45, 2.75) is 4.90 Å². The van der Waals surface area contributed by atoms with Crippen LogP contribution in [0.15, 0.2) is 53.4 Å². The molecule has 1 unspecified atom stereocenters. The zero-order chi connectivity index (χ0) is 17.4. The largest absolute Gasteiger partial charge is 0.436 e. The van der Waals surface area contributed by atoms with Crippen molar-refractivity contribution < 1.29 is 9.05 Å². The van der Waals surface area contributed by atoms with Crippen molar-refractivity contribution in [1.29, 1.82) is 5.26 Å². The molecule has 2 aromatic rings. The normalized spacial score (nSPS) is 12.2. The minimum absolute atomic E-state index is 0.0424. The molecule has 0 saturated carbocycles. The van der Waals surface area contributed by atoms with Crippen molar-refractivity contribution in [1.82, 2.24) is 0 Å². The van der Waals surface area contributed by atoms with E-state index >= 15 is 0 Å². The van der Waals surface area contributed by atoms with Crippen molar-refractivity contribution >= 4 is 34.6 Å². The van der Waals surface area contributed by atoms with Crippen LogP contribution in [-0.4, -0.2) is 6.61 Å². The van der Waals surface area contributed by atoms with Crippen molar-refractivity contribution in [3.05, 3.63) is 65.5 Å². The lowest BCUT2D eigenvalue weighted by molar-refractivity contribution is 0.371. The van der Waals surface area contributed by atoms with E-state index in [9.17, 15) is 0 Å². The van der Waals surface area contributed by atoms with Gasteiger partial charge in [0.1, 0.15) is 12.4 Å². The van der Waals surface area contributed by atoms with Gasteiger partial charge in [-0.3, -0.25) is 4.52 Å². The summed E-state index contributed by atoms with van der Waals surface area (Å²) >= 11 is 6.84. The van der Waals surface area contributed by atoms with E-state index in [0.29, 0.717) is 17.0 Å². The Balaban J connectivity index is 2.21. The molecule has 0 N–H and O–H groups in total. The fourth-order valence-electron chi connectivity index (χ4n) is 1.62. The summed E-state index contributed by atoms with van der Waals surface area (Å²) in [7, 11) is 0. The monoisotopic (exact) mass is 370 g/mol. The Bertz CT molecular complexity index is 812. The molecule has 0 aliphatic carbocycles. The van der Waals surface area contributed by atoms with Gasteiger partial charge in [0.05, 0.1) is 18.2 Å². The lowest BCUT2D eigenvalue weighted by atomic mass is 10.2. The number of terminal acetylenes is 1. The second-order valence-corrected chi connectivity index (χ2v) is 10.5. The minimum atomic E-state index is -2.78. The molecule has 2 rings (SSSR count). The molecule has 0 aromatic heterocycles. The maximum Gasteiger partial charge on any atom is 0.303 e. The van der Waals surface area contributed by atoms with Crippen LogP contribution in [0.25, 0.3) is 4.85 Å². The molecule has 0 spiro atoms. The van der Waals surface area contributed by atoms with Crippen molar-refractivity contribution in [2.75, 3.05) is 6.61 Å². The lowest BCUT2D eigenvalue weighted by Gasteiger charge is -2.21. The van der Waals surface area contributed by atoms with E-state index < -0.39 is 5.69 Å². The number of nitriles is 1. The van der Waals surface area contributed by atoms with E-state index in [2.05, 4.69) is 10.8 Å². The zero-order valence-corrected chi connectivity index (χ0v) is 14.9. The molecule has 0 aliphatic rings. The number of hydrogen-bond acceptors (Lipinski definition) is 5. The van der Waals surface area contributed by atoms with Crippen LogP contribution in [0.4, 0.5) is 5.69 Å². The molecule has 0 saturated heterocycles. The average molecular weight is 370 g/mol. The molecule has 0 radical (unpaired) electrons. The highest BCUT2D eigenvalue weighted by molar-refractivity contribution is 8.68. The summed E-state index contributed by atoms with van der Waals surface area (Å²) < 4.78 is 11.5.